The molecule has 1 N–H and O–H groups in total. The van der Waals surface area contributed by atoms with Crippen LogP contribution in [0.3, 0.4) is 0 Å². The highest BCUT2D eigenvalue weighted by molar-refractivity contribution is 5.94. The van der Waals surface area contributed by atoms with Gasteiger partial charge < -0.3 is 9.84 Å². The summed E-state index contributed by atoms with van der Waals surface area (Å²) in [6.07, 6.45) is 0.708. The van der Waals surface area contributed by atoms with Gasteiger partial charge in [0.05, 0.1) is 6.04 Å². The minimum absolute atomic E-state index is 0.0392. The highest BCUT2D eigenvalue weighted by atomic mass is 16.5. The van der Waals surface area contributed by atoms with Crippen LogP contribution in [0, 0.1) is 0 Å². The van der Waals surface area contributed by atoms with Crippen LogP contribution in [-0.4, -0.2) is 16.0 Å². The molecule has 1 amide bonds. The van der Waals surface area contributed by atoms with Crippen LogP contribution in [0.15, 0.2) is 77.3 Å². The summed E-state index contributed by atoms with van der Waals surface area (Å²) in [6.45, 7) is 1.97. The lowest BCUT2D eigenvalue weighted by atomic mass is 10.0. The number of nitrogens with zero attached hydrogens (tertiary/aromatic N) is 2. The van der Waals surface area contributed by atoms with Crippen molar-refractivity contribution in [2.45, 2.75) is 25.8 Å². The fourth-order valence-corrected chi connectivity index (χ4v) is 3.25. The largest absolute Gasteiger partial charge is 0.350 e. The first-order valence-corrected chi connectivity index (χ1v) is 9.36. The molecule has 0 saturated heterocycles. The zero-order valence-corrected chi connectivity index (χ0v) is 15.6. The van der Waals surface area contributed by atoms with Gasteiger partial charge in [-0.25, -0.2) is 0 Å². The molecule has 5 nitrogen and oxygen atoms in total. The number of benzene rings is 3. The molecular formula is C23H21N3O2. The molecule has 4 aromatic rings. The Labute approximate surface area is 163 Å². The van der Waals surface area contributed by atoms with Crippen LogP contribution in [0.25, 0.3) is 22.2 Å². The number of carbonyl (C=O) groups excluding carboxylic acids is 1. The van der Waals surface area contributed by atoms with Gasteiger partial charge in [0.1, 0.15) is 0 Å². The molecule has 0 aliphatic heterocycles. The van der Waals surface area contributed by atoms with Gasteiger partial charge in [0.2, 0.25) is 17.6 Å². The molecule has 0 radical (unpaired) electrons. The lowest BCUT2D eigenvalue weighted by Crippen LogP contribution is -2.26. The average molecular weight is 371 g/mol. The van der Waals surface area contributed by atoms with E-state index in [0.29, 0.717) is 24.6 Å². The van der Waals surface area contributed by atoms with Gasteiger partial charge in [-0.05, 0) is 23.3 Å². The second-order valence-electron chi connectivity index (χ2n) is 6.74. The Morgan fingerprint density at radius 1 is 1.00 bits per heavy atom. The quantitative estimate of drug-likeness (QED) is 0.533. The molecule has 28 heavy (non-hydrogen) atoms. The molecule has 0 unspecified atom stereocenters. The van der Waals surface area contributed by atoms with Crippen molar-refractivity contribution in [1.29, 1.82) is 0 Å². The summed E-state index contributed by atoms with van der Waals surface area (Å²) >= 11 is 0. The molecule has 0 spiro atoms. The Bertz CT molecular complexity index is 1080. The summed E-state index contributed by atoms with van der Waals surface area (Å²) in [7, 11) is 0. The molecule has 0 bridgehead atoms. The molecule has 1 aromatic heterocycles. The number of fused-ring (bicyclic) bond motifs is 1. The van der Waals surface area contributed by atoms with Crippen molar-refractivity contribution in [3.63, 3.8) is 0 Å². The molecule has 0 aliphatic rings. The van der Waals surface area contributed by atoms with E-state index in [-0.39, 0.29) is 11.9 Å². The maximum absolute atomic E-state index is 12.3. The van der Waals surface area contributed by atoms with Gasteiger partial charge in [0.25, 0.3) is 0 Å². The van der Waals surface area contributed by atoms with Gasteiger partial charge in [-0.1, -0.05) is 78.0 Å². The number of carbonyl (C=O) groups is 1. The third-order valence-electron chi connectivity index (χ3n) is 4.74. The van der Waals surface area contributed by atoms with Gasteiger partial charge in [0, 0.05) is 18.4 Å². The van der Waals surface area contributed by atoms with Crippen molar-refractivity contribution in [3.8, 4) is 11.4 Å². The van der Waals surface area contributed by atoms with Crippen LogP contribution in [0.4, 0.5) is 0 Å². The third-order valence-corrected chi connectivity index (χ3v) is 4.74. The molecule has 4 rings (SSSR count). The van der Waals surface area contributed by atoms with Crippen molar-refractivity contribution in [2.75, 3.05) is 0 Å². The van der Waals surface area contributed by atoms with Gasteiger partial charge in [-0.15, -0.1) is 0 Å². The molecule has 0 saturated carbocycles. The minimum atomic E-state index is -0.0405. The maximum atomic E-state index is 12.3. The van der Waals surface area contributed by atoms with Crippen molar-refractivity contribution >= 4 is 16.7 Å². The van der Waals surface area contributed by atoms with Crippen molar-refractivity contribution < 1.29 is 9.32 Å². The van der Waals surface area contributed by atoms with Crippen LogP contribution >= 0.6 is 0 Å². The molecule has 1 atom stereocenters. The molecule has 1 heterocycles. The molecule has 5 heteroatoms. The van der Waals surface area contributed by atoms with Gasteiger partial charge >= 0.3 is 0 Å². The SMILES string of the molecule is C[C@@H](NC(=O)CCc1nc(-c2cccc3ccccc23)no1)c1ccccc1. The van der Waals surface area contributed by atoms with E-state index in [1.165, 1.54) is 0 Å². The smallest absolute Gasteiger partial charge is 0.227 e. The zero-order valence-electron chi connectivity index (χ0n) is 15.6. The maximum Gasteiger partial charge on any atom is 0.227 e. The highest BCUT2D eigenvalue weighted by Gasteiger charge is 2.14. The number of amides is 1. The van der Waals surface area contributed by atoms with E-state index in [1.807, 2.05) is 67.6 Å². The van der Waals surface area contributed by atoms with Gasteiger partial charge in [0.15, 0.2) is 0 Å². The van der Waals surface area contributed by atoms with E-state index < -0.39 is 0 Å². The van der Waals surface area contributed by atoms with Crippen LogP contribution < -0.4 is 5.32 Å². The topological polar surface area (TPSA) is 68.0 Å². The lowest BCUT2D eigenvalue weighted by Gasteiger charge is -2.13. The van der Waals surface area contributed by atoms with Crippen LogP contribution in [0.1, 0.15) is 30.8 Å². The number of hydrogen-bond donors (Lipinski definition) is 1. The van der Waals surface area contributed by atoms with E-state index in [0.717, 1.165) is 21.9 Å². The average Bonchev–Trinajstić information content (AvgIpc) is 3.21. The highest BCUT2D eigenvalue weighted by Crippen LogP contribution is 2.26. The Hall–Kier alpha value is -3.47. The fourth-order valence-electron chi connectivity index (χ4n) is 3.25. The first kappa shape index (κ1) is 17.9. The van der Waals surface area contributed by atoms with Gasteiger partial charge in [-0.3, -0.25) is 4.79 Å². The lowest BCUT2D eigenvalue weighted by molar-refractivity contribution is -0.121. The first-order chi connectivity index (χ1) is 13.7. The van der Waals surface area contributed by atoms with E-state index in [2.05, 4.69) is 27.6 Å². The summed E-state index contributed by atoms with van der Waals surface area (Å²) in [6, 6.07) is 23.9. The van der Waals surface area contributed by atoms with E-state index >= 15 is 0 Å². The zero-order chi connectivity index (χ0) is 19.3. The number of aromatic nitrogens is 2. The Morgan fingerprint density at radius 2 is 1.75 bits per heavy atom. The predicted molar refractivity (Wildman–Crippen MR) is 109 cm³/mol. The Balaban J connectivity index is 1.40. The normalized spacial score (nSPS) is 12.0. The number of rotatable bonds is 6. The standard InChI is InChI=1S/C23H21N3O2/c1-16(17-8-3-2-4-9-17)24-21(27)14-15-22-25-23(26-28-22)20-13-7-11-18-10-5-6-12-19(18)20/h2-13,16H,14-15H2,1H3,(H,24,27)/t16-/m1/s1. The Morgan fingerprint density at radius 3 is 2.61 bits per heavy atom. The molecule has 140 valence electrons. The summed E-state index contributed by atoms with van der Waals surface area (Å²) in [5, 5.41) is 9.31. The molecular weight excluding hydrogens is 350 g/mol. The third kappa shape index (κ3) is 3.93. The Kier molecular flexibility index (Phi) is 5.15. The molecule has 3 aromatic carbocycles. The monoisotopic (exact) mass is 371 g/mol. The fraction of sp³-hybridized carbons (Fsp3) is 0.174. The van der Waals surface area contributed by atoms with E-state index in [9.17, 15) is 4.79 Å². The number of aryl methyl sites for hydroxylation is 1. The van der Waals surface area contributed by atoms with Crippen molar-refractivity contribution in [3.05, 3.63) is 84.3 Å². The molecule has 0 fully saturated rings. The molecule has 0 aliphatic carbocycles. The van der Waals surface area contributed by atoms with Crippen molar-refractivity contribution in [2.24, 2.45) is 0 Å². The van der Waals surface area contributed by atoms with E-state index in [1.54, 1.807) is 0 Å². The summed E-state index contributed by atoms with van der Waals surface area (Å²) < 4.78 is 5.37. The second-order valence-corrected chi connectivity index (χ2v) is 6.74. The number of hydrogen-bond acceptors (Lipinski definition) is 4. The van der Waals surface area contributed by atoms with E-state index in [4.69, 9.17) is 4.52 Å². The van der Waals surface area contributed by atoms with Gasteiger partial charge in [-0.2, -0.15) is 4.98 Å². The van der Waals surface area contributed by atoms with Crippen molar-refractivity contribution in [1.82, 2.24) is 15.5 Å². The van der Waals surface area contributed by atoms with Crippen LogP contribution in [-0.2, 0) is 11.2 Å². The summed E-state index contributed by atoms with van der Waals surface area (Å²) in [5.41, 5.74) is 2.00. The van der Waals surface area contributed by atoms with Crippen LogP contribution in [0.5, 0.6) is 0 Å². The summed E-state index contributed by atoms with van der Waals surface area (Å²) in [4.78, 5) is 16.7. The van der Waals surface area contributed by atoms with Crippen LogP contribution in [0.2, 0.25) is 0 Å². The summed E-state index contributed by atoms with van der Waals surface area (Å²) in [5.74, 6) is 0.969. The predicted octanol–water partition coefficient (Wildman–Crippen LogP) is 4.70. The second kappa shape index (κ2) is 8.05. The minimum Gasteiger partial charge on any atom is -0.350 e. The number of nitrogens with one attached hydrogen (secondary N) is 1. The first-order valence-electron chi connectivity index (χ1n) is 9.36.